The van der Waals surface area contributed by atoms with Gasteiger partial charge in [-0.05, 0) is 43.9 Å². The molecular formula is C20H25ClF3N7O. The molecule has 3 aliphatic rings. The zero-order chi connectivity index (χ0) is 23.1. The van der Waals surface area contributed by atoms with Crippen LogP contribution in [0.4, 0.5) is 24.5 Å². The Labute approximate surface area is 188 Å². The van der Waals surface area contributed by atoms with Crippen LogP contribution in [0.15, 0.2) is 28.2 Å². The van der Waals surface area contributed by atoms with Gasteiger partial charge in [0, 0.05) is 31.2 Å². The Balaban J connectivity index is 1.66. The number of amides is 1. The topological polar surface area (TPSA) is 104 Å². The van der Waals surface area contributed by atoms with E-state index in [2.05, 4.69) is 9.98 Å². The summed E-state index contributed by atoms with van der Waals surface area (Å²) in [6.07, 6.45) is -0.409. The van der Waals surface area contributed by atoms with Crippen molar-refractivity contribution in [3.05, 3.63) is 23.2 Å². The number of halogens is 4. The highest BCUT2D eigenvalue weighted by atomic mass is 35.5. The molecule has 1 aromatic rings. The standard InChI is InChI=1S/C20H25ClF3N7O/c21-13-4-5-14(29-8-10-30(11-9-29)16(32)20(22,23)24)15(12-13)31-18(26)27-17(25)28-19(31)6-2-1-3-7-19/h4-5,12H,1-3,6-11H2,(H4,25,26,27,28). The van der Waals surface area contributed by atoms with Gasteiger partial charge in [-0.15, -0.1) is 0 Å². The van der Waals surface area contributed by atoms with Crippen LogP contribution in [0.5, 0.6) is 0 Å². The first-order chi connectivity index (χ1) is 15.1. The number of anilines is 2. The number of nitrogens with zero attached hydrogens (tertiary/aromatic N) is 5. The Morgan fingerprint density at radius 1 is 1.03 bits per heavy atom. The molecule has 4 N–H and O–H groups in total. The summed E-state index contributed by atoms with van der Waals surface area (Å²) in [5.41, 5.74) is 13.0. The predicted molar refractivity (Wildman–Crippen MR) is 118 cm³/mol. The molecular weight excluding hydrogens is 447 g/mol. The molecule has 1 saturated heterocycles. The lowest BCUT2D eigenvalue weighted by Crippen LogP contribution is -2.59. The van der Waals surface area contributed by atoms with E-state index in [1.807, 2.05) is 15.9 Å². The van der Waals surface area contributed by atoms with Crippen LogP contribution < -0.4 is 21.3 Å². The summed E-state index contributed by atoms with van der Waals surface area (Å²) >= 11 is 6.33. The third kappa shape index (κ3) is 4.17. The van der Waals surface area contributed by atoms with Gasteiger partial charge < -0.3 is 21.3 Å². The molecule has 1 amide bonds. The van der Waals surface area contributed by atoms with E-state index in [9.17, 15) is 18.0 Å². The van der Waals surface area contributed by atoms with E-state index in [0.717, 1.165) is 42.7 Å². The van der Waals surface area contributed by atoms with Crippen LogP contribution in [0.3, 0.4) is 0 Å². The van der Waals surface area contributed by atoms with Crippen molar-refractivity contribution in [3.63, 3.8) is 0 Å². The van der Waals surface area contributed by atoms with Crippen LogP contribution in [0.1, 0.15) is 32.1 Å². The lowest BCUT2D eigenvalue weighted by molar-refractivity contribution is -0.185. The van der Waals surface area contributed by atoms with Crippen molar-refractivity contribution in [2.24, 2.45) is 21.5 Å². The number of aliphatic imine (C=N–C) groups is 2. The lowest BCUT2D eigenvalue weighted by atomic mass is 9.87. The maximum atomic E-state index is 12.8. The van der Waals surface area contributed by atoms with Gasteiger partial charge in [0.15, 0.2) is 0 Å². The fourth-order valence-electron chi connectivity index (χ4n) is 4.74. The van der Waals surface area contributed by atoms with E-state index in [-0.39, 0.29) is 38.1 Å². The monoisotopic (exact) mass is 471 g/mol. The Morgan fingerprint density at radius 3 is 2.31 bits per heavy atom. The van der Waals surface area contributed by atoms with Gasteiger partial charge in [-0.2, -0.15) is 18.2 Å². The summed E-state index contributed by atoms with van der Waals surface area (Å²) in [6.45, 7) is 0.389. The fraction of sp³-hybridized carbons (Fsp3) is 0.550. The zero-order valence-electron chi connectivity index (χ0n) is 17.4. The summed E-state index contributed by atoms with van der Waals surface area (Å²) in [6, 6.07) is 5.29. The Morgan fingerprint density at radius 2 is 1.69 bits per heavy atom. The van der Waals surface area contributed by atoms with E-state index in [4.69, 9.17) is 23.1 Å². The number of carbonyl (C=O) groups excluding carboxylic acids is 1. The van der Waals surface area contributed by atoms with Crippen molar-refractivity contribution in [2.75, 3.05) is 36.0 Å². The van der Waals surface area contributed by atoms with Gasteiger partial charge in [-0.3, -0.25) is 9.69 Å². The zero-order valence-corrected chi connectivity index (χ0v) is 18.2. The molecule has 0 aromatic heterocycles. The van der Waals surface area contributed by atoms with Crippen molar-refractivity contribution in [1.29, 1.82) is 0 Å². The van der Waals surface area contributed by atoms with E-state index in [0.29, 0.717) is 10.7 Å². The number of guanidine groups is 2. The summed E-state index contributed by atoms with van der Waals surface area (Å²) < 4.78 is 38.4. The van der Waals surface area contributed by atoms with Crippen LogP contribution in [0.25, 0.3) is 0 Å². The van der Waals surface area contributed by atoms with Crippen LogP contribution >= 0.6 is 11.6 Å². The lowest BCUT2D eigenvalue weighted by Gasteiger charge is -2.47. The normalized spacial score (nSPS) is 21.4. The molecule has 0 unspecified atom stereocenters. The third-order valence-electron chi connectivity index (χ3n) is 6.18. The highest BCUT2D eigenvalue weighted by molar-refractivity contribution is 6.31. The van der Waals surface area contributed by atoms with Gasteiger partial charge in [0.2, 0.25) is 11.9 Å². The number of hydrogen-bond donors (Lipinski definition) is 2. The predicted octanol–water partition coefficient (Wildman–Crippen LogP) is 2.66. The number of nitrogens with two attached hydrogens (primary N) is 2. The third-order valence-corrected chi connectivity index (χ3v) is 6.41. The van der Waals surface area contributed by atoms with E-state index >= 15 is 0 Å². The van der Waals surface area contributed by atoms with Crippen LogP contribution in [0.2, 0.25) is 5.02 Å². The molecule has 174 valence electrons. The summed E-state index contributed by atoms with van der Waals surface area (Å²) in [5, 5.41) is 0.482. The van der Waals surface area contributed by atoms with Gasteiger partial charge in [0.25, 0.3) is 0 Å². The molecule has 1 spiro atoms. The summed E-state index contributed by atoms with van der Waals surface area (Å²) in [4.78, 5) is 25.1. The molecule has 2 heterocycles. The van der Waals surface area contributed by atoms with Crippen molar-refractivity contribution < 1.29 is 18.0 Å². The number of piperazine rings is 1. The van der Waals surface area contributed by atoms with E-state index in [1.54, 1.807) is 12.1 Å². The minimum absolute atomic E-state index is 0.0414. The maximum Gasteiger partial charge on any atom is 0.471 e. The quantitative estimate of drug-likeness (QED) is 0.690. The van der Waals surface area contributed by atoms with Crippen LogP contribution in [-0.2, 0) is 4.79 Å². The molecule has 0 atom stereocenters. The second kappa shape index (κ2) is 8.34. The molecule has 4 rings (SSSR count). The molecule has 1 aliphatic carbocycles. The average molecular weight is 472 g/mol. The molecule has 2 fully saturated rings. The fourth-order valence-corrected chi connectivity index (χ4v) is 4.91. The molecule has 0 radical (unpaired) electrons. The smallest absolute Gasteiger partial charge is 0.369 e. The van der Waals surface area contributed by atoms with Crippen molar-refractivity contribution in [2.45, 2.75) is 43.9 Å². The van der Waals surface area contributed by atoms with E-state index < -0.39 is 17.7 Å². The van der Waals surface area contributed by atoms with Gasteiger partial charge in [0.05, 0.1) is 11.4 Å². The molecule has 1 aromatic carbocycles. The minimum atomic E-state index is -4.88. The molecule has 12 heteroatoms. The van der Waals surface area contributed by atoms with Crippen LogP contribution in [-0.4, -0.2) is 60.7 Å². The van der Waals surface area contributed by atoms with Crippen molar-refractivity contribution in [1.82, 2.24) is 4.90 Å². The van der Waals surface area contributed by atoms with Crippen molar-refractivity contribution in [3.8, 4) is 0 Å². The summed E-state index contributed by atoms with van der Waals surface area (Å²) in [7, 11) is 0. The van der Waals surface area contributed by atoms with Gasteiger partial charge >= 0.3 is 12.1 Å². The van der Waals surface area contributed by atoms with Crippen LogP contribution in [0, 0.1) is 0 Å². The second-order valence-corrected chi connectivity index (χ2v) is 8.67. The Bertz CT molecular complexity index is 951. The van der Waals surface area contributed by atoms with Crippen molar-refractivity contribution >= 4 is 40.8 Å². The summed E-state index contributed by atoms with van der Waals surface area (Å²) in [5.74, 6) is -1.48. The van der Waals surface area contributed by atoms with Gasteiger partial charge in [-0.25, -0.2) is 4.99 Å². The Hall–Kier alpha value is -2.69. The number of hydrogen-bond acceptors (Lipinski definition) is 7. The van der Waals surface area contributed by atoms with E-state index in [1.165, 1.54) is 0 Å². The first kappa shape index (κ1) is 22.5. The average Bonchev–Trinajstić information content (AvgIpc) is 2.73. The first-order valence-electron chi connectivity index (χ1n) is 10.5. The van der Waals surface area contributed by atoms with Gasteiger partial charge in [0.1, 0.15) is 5.66 Å². The second-order valence-electron chi connectivity index (χ2n) is 8.23. The highest BCUT2D eigenvalue weighted by Crippen LogP contribution is 2.43. The number of carbonyl (C=O) groups is 1. The maximum absolute atomic E-state index is 12.8. The molecule has 1 saturated carbocycles. The number of rotatable bonds is 2. The molecule has 2 aliphatic heterocycles. The number of benzene rings is 1. The highest BCUT2D eigenvalue weighted by Gasteiger charge is 2.45. The Kier molecular flexibility index (Phi) is 5.87. The minimum Gasteiger partial charge on any atom is -0.369 e. The molecule has 8 nitrogen and oxygen atoms in total. The molecule has 32 heavy (non-hydrogen) atoms. The molecule has 0 bridgehead atoms. The number of alkyl halides is 3. The first-order valence-corrected chi connectivity index (χ1v) is 10.9. The SMILES string of the molecule is NC1=NC2(CCCCC2)N(c2cc(Cl)ccc2N2CCN(C(=O)C(F)(F)F)CC2)C(N)=N1. The largest absolute Gasteiger partial charge is 0.471 e. The van der Waals surface area contributed by atoms with Gasteiger partial charge in [-0.1, -0.05) is 18.0 Å².